The summed E-state index contributed by atoms with van der Waals surface area (Å²) in [4.78, 5) is 23.5. The molecule has 0 aliphatic carbocycles. The second-order valence-electron chi connectivity index (χ2n) is 8.95. The third-order valence-corrected chi connectivity index (χ3v) is 6.44. The summed E-state index contributed by atoms with van der Waals surface area (Å²) in [5, 5.41) is 13.5. The van der Waals surface area contributed by atoms with Gasteiger partial charge in [-0.15, -0.1) is 0 Å². The number of pyridine rings is 1. The predicted octanol–water partition coefficient (Wildman–Crippen LogP) is 4.18. The maximum absolute atomic E-state index is 14.9. The highest BCUT2D eigenvalue weighted by Crippen LogP contribution is 2.34. The molecular weight excluding hydrogens is 459 g/mol. The summed E-state index contributed by atoms with van der Waals surface area (Å²) in [7, 11) is 1.62. The number of nitrogens with one attached hydrogen (secondary N) is 1. The second-order valence-corrected chi connectivity index (χ2v) is 8.95. The Hall–Kier alpha value is -3.24. The van der Waals surface area contributed by atoms with Crippen LogP contribution in [0.15, 0.2) is 41.5 Å². The maximum atomic E-state index is 14.9. The molecule has 2 N–H and O–H groups in total. The number of aliphatic hydroxyl groups excluding tert-OH is 1. The first-order valence-corrected chi connectivity index (χ1v) is 11.4. The number of nitrogens with zero attached hydrogens (tertiary/aromatic N) is 4. The van der Waals surface area contributed by atoms with E-state index in [1.165, 1.54) is 23.0 Å². The molecule has 0 spiro atoms. The number of benzene rings is 1. The summed E-state index contributed by atoms with van der Waals surface area (Å²) in [6.45, 7) is 5.13. The van der Waals surface area contributed by atoms with Gasteiger partial charge in [-0.1, -0.05) is 24.3 Å². The molecule has 0 amide bonds. The van der Waals surface area contributed by atoms with Crippen LogP contribution in [0.1, 0.15) is 49.9 Å². The minimum atomic E-state index is -3.31. The smallest absolute Gasteiger partial charge is 0.273 e. The Kier molecular flexibility index (Phi) is 6.70. The number of fused-ring (bicyclic) bond motifs is 1. The van der Waals surface area contributed by atoms with Crippen molar-refractivity contribution in [1.82, 2.24) is 19.4 Å². The number of rotatable bonds is 6. The van der Waals surface area contributed by atoms with E-state index in [4.69, 9.17) is 0 Å². The molecule has 4 rings (SSSR count). The number of aromatic nitrogens is 3. The summed E-state index contributed by atoms with van der Waals surface area (Å²) < 4.78 is 44.0. The molecule has 35 heavy (non-hydrogen) atoms. The van der Waals surface area contributed by atoms with Crippen LogP contribution in [0.4, 0.5) is 19.0 Å². The minimum Gasteiger partial charge on any atom is -0.379 e. The normalized spacial score (nSPS) is 16.7. The third-order valence-electron chi connectivity index (χ3n) is 6.44. The fourth-order valence-electron chi connectivity index (χ4n) is 4.39. The molecule has 1 aliphatic rings. The van der Waals surface area contributed by atoms with Crippen LogP contribution >= 0.6 is 0 Å². The molecule has 0 bridgehead atoms. The Morgan fingerprint density at radius 2 is 1.97 bits per heavy atom. The summed E-state index contributed by atoms with van der Waals surface area (Å²) >= 11 is 0. The van der Waals surface area contributed by atoms with E-state index in [0.717, 1.165) is 11.6 Å². The summed E-state index contributed by atoms with van der Waals surface area (Å²) in [6.07, 6.45) is 3.22. The lowest BCUT2D eigenvalue weighted by atomic mass is 9.99. The quantitative estimate of drug-likeness (QED) is 0.543. The van der Waals surface area contributed by atoms with Crippen LogP contribution < -0.4 is 10.9 Å². The number of anilines is 1. The molecule has 1 aliphatic heterocycles. The van der Waals surface area contributed by atoms with Crippen LogP contribution in [0.3, 0.4) is 0 Å². The standard InChI is InChI=1S/C25H28F3N5O2/c1-14(17-6-5-7-20(21(17)26)25(3,27)28)31-22-19-12-18(16-8-10-33(11-9-16)15(2)34)24(35)32(4)23(19)30-13-29-22/h5-8,12-15,34H,9-11H2,1-4H3,(H,29,30,31)/t14-,15?/m1/s1. The minimum absolute atomic E-state index is 0.0778. The number of aliphatic hydroxyl groups is 1. The van der Waals surface area contributed by atoms with E-state index in [-0.39, 0.29) is 11.1 Å². The first-order valence-electron chi connectivity index (χ1n) is 11.4. The topological polar surface area (TPSA) is 83.3 Å². The van der Waals surface area contributed by atoms with Gasteiger partial charge in [-0.3, -0.25) is 14.3 Å². The second kappa shape index (κ2) is 9.43. The molecule has 1 unspecified atom stereocenters. The van der Waals surface area contributed by atoms with Gasteiger partial charge in [-0.05, 0) is 31.9 Å². The first kappa shape index (κ1) is 24.9. The molecule has 1 aromatic carbocycles. The summed E-state index contributed by atoms with van der Waals surface area (Å²) in [6, 6.07) is 4.95. The zero-order valence-electron chi connectivity index (χ0n) is 20.0. The lowest BCUT2D eigenvalue weighted by Crippen LogP contribution is -2.36. The summed E-state index contributed by atoms with van der Waals surface area (Å²) in [5.74, 6) is -3.93. The highest BCUT2D eigenvalue weighted by molar-refractivity contribution is 5.89. The number of alkyl halides is 2. The van der Waals surface area contributed by atoms with Crippen LogP contribution in [-0.2, 0) is 13.0 Å². The van der Waals surface area contributed by atoms with Crippen LogP contribution in [0, 0.1) is 5.82 Å². The Morgan fingerprint density at radius 3 is 2.60 bits per heavy atom. The molecule has 0 fully saturated rings. The van der Waals surface area contributed by atoms with E-state index in [1.807, 2.05) is 11.0 Å². The van der Waals surface area contributed by atoms with Crippen molar-refractivity contribution in [3.8, 4) is 0 Å². The fraction of sp³-hybridized carbons (Fsp3) is 0.400. The van der Waals surface area contributed by atoms with Crippen molar-refractivity contribution in [2.75, 3.05) is 18.4 Å². The molecular formula is C25H28F3N5O2. The van der Waals surface area contributed by atoms with Gasteiger partial charge in [0.05, 0.1) is 17.0 Å². The first-order chi connectivity index (χ1) is 16.5. The maximum Gasteiger partial charge on any atom is 0.273 e. The average molecular weight is 488 g/mol. The molecule has 3 aromatic rings. The van der Waals surface area contributed by atoms with Gasteiger partial charge >= 0.3 is 0 Å². The third kappa shape index (κ3) is 4.81. The van der Waals surface area contributed by atoms with Crippen LogP contribution in [0.25, 0.3) is 16.6 Å². The Bertz CT molecular complexity index is 1350. The van der Waals surface area contributed by atoms with Crippen LogP contribution in [0.5, 0.6) is 0 Å². The largest absolute Gasteiger partial charge is 0.379 e. The fourth-order valence-corrected chi connectivity index (χ4v) is 4.39. The van der Waals surface area contributed by atoms with Crippen molar-refractivity contribution in [3.05, 3.63) is 69.5 Å². The van der Waals surface area contributed by atoms with Crippen molar-refractivity contribution in [3.63, 3.8) is 0 Å². The van der Waals surface area contributed by atoms with Crippen LogP contribution in [0.2, 0.25) is 0 Å². The van der Waals surface area contributed by atoms with Gasteiger partial charge in [0.2, 0.25) is 0 Å². The highest BCUT2D eigenvalue weighted by Gasteiger charge is 2.30. The highest BCUT2D eigenvalue weighted by atomic mass is 19.3. The van der Waals surface area contributed by atoms with Crippen LogP contribution in [-0.4, -0.2) is 43.9 Å². The number of hydrogen-bond acceptors (Lipinski definition) is 6. The molecule has 10 heteroatoms. The lowest BCUT2D eigenvalue weighted by molar-refractivity contribution is 0.0135. The average Bonchev–Trinajstić information content (AvgIpc) is 2.81. The van der Waals surface area contributed by atoms with Crippen molar-refractivity contribution >= 4 is 22.4 Å². The Morgan fingerprint density at radius 1 is 1.23 bits per heavy atom. The van der Waals surface area contributed by atoms with Gasteiger partial charge in [0.15, 0.2) is 0 Å². The number of hydrogen-bond donors (Lipinski definition) is 2. The van der Waals surface area contributed by atoms with Gasteiger partial charge in [-0.25, -0.2) is 23.1 Å². The Labute approximate surface area is 200 Å². The molecule has 0 radical (unpaired) electrons. The molecule has 3 heterocycles. The van der Waals surface area contributed by atoms with Crippen molar-refractivity contribution < 1.29 is 18.3 Å². The zero-order chi connectivity index (χ0) is 25.5. The van der Waals surface area contributed by atoms with Gasteiger partial charge < -0.3 is 10.4 Å². The van der Waals surface area contributed by atoms with E-state index in [0.29, 0.717) is 48.8 Å². The van der Waals surface area contributed by atoms with E-state index >= 15 is 0 Å². The van der Waals surface area contributed by atoms with Crippen molar-refractivity contribution in [2.24, 2.45) is 7.05 Å². The van der Waals surface area contributed by atoms with Crippen molar-refractivity contribution in [2.45, 2.75) is 45.4 Å². The summed E-state index contributed by atoms with van der Waals surface area (Å²) in [5.41, 5.74) is 0.937. The van der Waals surface area contributed by atoms with Gasteiger partial charge in [-0.2, -0.15) is 0 Å². The molecule has 7 nitrogen and oxygen atoms in total. The van der Waals surface area contributed by atoms with E-state index < -0.39 is 29.6 Å². The monoisotopic (exact) mass is 487 g/mol. The Balaban J connectivity index is 1.74. The van der Waals surface area contributed by atoms with Gasteiger partial charge in [0.1, 0.15) is 29.8 Å². The molecule has 2 aromatic heterocycles. The van der Waals surface area contributed by atoms with E-state index in [1.54, 1.807) is 27.0 Å². The number of halogens is 3. The van der Waals surface area contributed by atoms with Gasteiger partial charge in [0, 0.05) is 38.2 Å². The zero-order valence-corrected chi connectivity index (χ0v) is 20.0. The molecule has 0 saturated heterocycles. The van der Waals surface area contributed by atoms with Crippen molar-refractivity contribution in [1.29, 1.82) is 0 Å². The van der Waals surface area contributed by atoms with E-state index in [2.05, 4.69) is 15.3 Å². The molecule has 186 valence electrons. The molecule has 2 atom stereocenters. The lowest BCUT2D eigenvalue weighted by Gasteiger charge is -2.28. The number of aryl methyl sites for hydroxylation is 1. The molecule has 0 saturated carbocycles. The van der Waals surface area contributed by atoms with E-state index in [9.17, 15) is 23.1 Å². The van der Waals surface area contributed by atoms with Gasteiger partial charge in [0.25, 0.3) is 11.5 Å². The SMILES string of the molecule is CC(O)N1CC=C(c2cc3c(N[C@H](C)c4cccc(C(C)(F)F)c4F)ncnc3n(C)c2=O)CC1. The predicted molar refractivity (Wildman–Crippen MR) is 129 cm³/mol.